The van der Waals surface area contributed by atoms with Crippen LogP contribution >= 0.6 is 0 Å². The minimum absolute atomic E-state index is 0.0446. The summed E-state index contributed by atoms with van der Waals surface area (Å²) in [6.07, 6.45) is 2.19. The van der Waals surface area contributed by atoms with Crippen molar-refractivity contribution in [3.63, 3.8) is 0 Å². The van der Waals surface area contributed by atoms with E-state index in [4.69, 9.17) is 4.74 Å². The number of para-hydroxylation sites is 1. The van der Waals surface area contributed by atoms with E-state index >= 15 is 0 Å². The highest BCUT2D eigenvalue weighted by atomic mass is 16.5. The molecule has 1 aromatic heterocycles. The van der Waals surface area contributed by atoms with Gasteiger partial charge in [0.15, 0.2) is 6.10 Å². The SMILES string of the molecule is Cc1cccc(C)c1NC(=O)CNC(=O)C(C)OC(=O)CCNc1ncccn1. The van der Waals surface area contributed by atoms with Crippen LogP contribution in [-0.2, 0) is 19.1 Å². The van der Waals surface area contributed by atoms with Gasteiger partial charge in [0, 0.05) is 24.6 Å². The summed E-state index contributed by atoms with van der Waals surface area (Å²) in [5.74, 6) is -1.05. The minimum atomic E-state index is -1.01. The van der Waals surface area contributed by atoms with E-state index in [9.17, 15) is 14.4 Å². The second-order valence-electron chi connectivity index (χ2n) is 6.41. The standard InChI is InChI=1S/C20H25N5O4/c1-13-6-4-7-14(2)18(13)25-16(26)12-24-19(28)15(3)29-17(27)8-11-23-20-21-9-5-10-22-20/h4-7,9-10,15H,8,11-12H2,1-3H3,(H,24,28)(H,25,26)(H,21,22,23). The highest BCUT2D eigenvalue weighted by molar-refractivity contribution is 5.96. The number of amides is 2. The zero-order valence-electron chi connectivity index (χ0n) is 16.7. The van der Waals surface area contributed by atoms with E-state index in [1.807, 2.05) is 32.0 Å². The maximum atomic E-state index is 12.1. The normalized spacial score (nSPS) is 11.3. The molecular formula is C20H25N5O4. The molecule has 0 aliphatic carbocycles. The first-order chi connectivity index (χ1) is 13.9. The molecule has 0 bridgehead atoms. The van der Waals surface area contributed by atoms with Gasteiger partial charge in [0.1, 0.15) is 0 Å². The van der Waals surface area contributed by atoms with Crippen molar-refractivity contribution < 1.29 is 19.1 Å². The van der Waals surface area contributed by atoms with Gasteiger partial charge < -0.3 is 20.7 Å². The second-order valence-corrected chi connectivity index (χ2v) is 6.41. The van der Waals surface area contributed by atoms with Crippen molar-refractivity contribution in [2.75, 3.05) is 23.7 Å². The molecule has 9 heteroatoms. The molecule has 1 heterocycles. The van der Waals surface area contributed by atoms with Gasteiger partial charge in [-0.05, 0) is 38.0 Å². The van der Waals surface area contributed by atoms with Crippen LogP contribution < -0.4 is 16.0 Å². The number of rotatable bonds is 9. The average Bonchev–Trinajstić information content (AvgIpc) is 2.69. The Morgan fingerprint density at radius 1 is 1.07 bits per heavy atom. The number of ether oxygens (including phenoxy) is 1. The fourth-order valence-corrected chi connectivity index (χ4v) is 2.48. The summed E-state index contributed by atoms with van der Waals surface area (Å²) < 4.78 is 5.08. The Morgan fingerprint density at radius 3 is 2.38 bits per heavy atom. The van der Waals surface area contributed by atoms with Gasteiger partial charge >= 0.3 is 5.97 Å². The molecular weight excluding hydrogens is 374 g/mol. The molecule has 3 N–H and O–H groups in total. The second kappa shape index (κ2) is 10.7. The van der Waals surface area contributed by atoms with Crippen LogP contribution in [0.3, 0.4) is 0 Å². The number of aryl methyl sites for hydroxylation is 2. The molecule has 0 saturated carbocycles. The quantitative estimate of drug-likeness (QED) is 0.547. The van der Waals surface area contributed by atoms with E-state index in [0.29, 0.717) is 5.95 Å². The Morgan fingerprint density at radius 2 is 1.72 bits per heavy atom. The lowest BCUT2D eigenvalue weighted by Crippen LogP contribution is -2.40. The predicted molar refractivity (Wildman–Crippen MR) is 108 cm³/mol. The van der Waals surface area contributed by atoms with Gasteiger partial charge in [-0.25, -0.2) is 9.97 Å². The van der Waals surface area contributed by atoms with E-state index < -0.39 is 18.0 Å². The number of hydrogen-bond donors (Lipinski definition) is 3. The third-order valence-electron chi connectivity index (χ3n) is 4.02. The summed E-state index contributed by atoms with van der Waals surface area (Å²) in [5.41, 5.74) is 2.59. The van der Waals surface area contributed by atoms with Gasteiger partial charge in [-0.3, -0.25) is 14.4 Å². The van der Waals surface area contributed by atoms with Crippen LogP contribution in [0.1, 0.15) is 24.5 Å². The summed E-state index contributed by atoms with van der Waals surface area (Å²) in [6.45, 7) is 5.28. The summed E-state index contributed by atoms with van der Waals surface area (Å²) in [4.78, 5) is 43.9. The Labute approximate surface area is 169 Å². The van der Waals surface area contributed by atoms with Crippen molar-refractivity contribution >= 4 is 29.4 Å². The lowest BCUT2D eigenvalue weighted by molar-refractivity contribution is -0.154. The molecule has 0 aliphatic heterocycles. The molecule has 1 aromatic carbocycles. The van der Waals surface area contributed by atoms with Crippen molar-refractivity contribution in [1.82, 2.24) is 15.3 Å². The number of anilines is 2. The third-order valence-corrected chi connectivity index (χ3v) is 4.02. The number of nitrogens with one attached hydrogen (secondary N) is 3. The molecule has 0 fully saturated rings. The molecule has 154 valence electrons. The third kappa shape index (κ3) is 7.21. The highest BCUT2D eigenvalue weighted by Crippen LogP contribution is 2.18. The average molecular weight is 399 g/mol. The van der Waals surface area contributed by atoms with Crippen LogP contribution in [-0.4, -0.2) is 46.9 Å². The Hall–Kier alpha value is -3.49. The first-order valence-electron chi connectivity index (χ1n) is 9.21. The van der Waals surface area contributed by atoms with E-state index in [1.165, 1.54) is 6.92 Å². The predicted octanol–water partition coefficient (Wildman–Crippen LogP) is 1.58. The van der Waals surface area contributed by atoms with Gasteiger partial charge in [-0.15, -0.1) is 0 Å². The van der Waals surface area contributed by atoms with Crippen LogP contribution in [0.25, 0.3) is 0 Å². The molecule has 0 aliphatic rings. The van der Waals surface area contributed by atoms with Crippen molar-refractivity contribution in [1.29, 1.82) is 0 Å². The van der Waals surface area contributed by atoms with Gasteiger partial charge in [0.25, 0.3) is 5.91 Å². The number of carbonyl (C=O) groups excluding carboxylic acids is 3. The fourth-order valence-electron chi connectivity index (χ4n) is 2.48. The number of hydrogen-bond acceptors (Lipinski definition) is 7. The van der Waals surface area contributed by atoms with E-state index in [-0.39, 0.29) is 25.4 Å². The van der Waals surface area contributed by atoms with Gasteiger partial charge in [-0.2, -0.15) is 0 Å². The molecule has 2 rings (SSSR count). The molecule has 2 amide bonds. The number of benzene rings is 1. The largest absolute Gasteiger partial charge is 0.452 e. The lowest BCUT2D eigenvalue weighted by atomic mass is 10.1. The fraction of sp³-hybridized carbons (Fsp3) is 0.350. The van der Waals surface area contributed by atoms with E-state index in [1.54, 1.807) is 18.5 Å². The topological polar surface area (TPSA) is 122 Å². The molecule has 1 unspecified atom stereocenters. The van der Waals surface area contributed by atoms with Crippen molar-refractivity contribution in [2.45, 2.75) is 33.3 Å². The van der Waals surface area contributed by atoms with Gasteiger partial charge in [0.05, 0.1) is 13.0 Å². The summed E-state index contributed by atoms with van der Waals surface area (Å²) in [7, 11) is 0. The first-order valence-corrected chi connectivity index (χ1v) is 9.21. The molecule has 29 heavy (non-hydrogen) atoms. The Balaban J connectivity index is 1.70. The Bertz CT molecular complexity index is 837. The van der Waals surface area contributed by atoms with E-state index in [2.05, 4.69) is 25.9 Å². The van der Waals surface area contributed by atoms with Crippen LogP contribution in [0.2, 0.25) is 0 Å². The van der Waals surface area contributed by atoms with Crippen LogP contribution in [0.5, 0.6) is 0 Å². The summed E-state index contributed by atoms with van der Waals surface area (Å²) in [5, 5.41) is 8.11. The number of aromatic nitrogens is 2. The van der Waals surface area contributed by atoms with Gasteiger partial charge in [-0.1, -0.05) is 18.2 Å². The molecule has 0 spiro atoms. The van der Waals surface area contributed by atoms with Crippen LogP contribution in [0.15, 0.2) is 36.7 Å². The van der Waals surface area contributed by atoms with Crippen molar-refractivity contribution in [3.8, 4) is 0 Å². The molecule has 0 radical (unpaired) electrons. The van der Waals surface area contributed by atoms with Crippen molar-refractivity contribution in [3.05, 3.63) is 47.8 Å². The number of esters is 1. The molecule has 9 nitrogen and oxygen atoms in total. The summed E-state index contributed by atoms with van der Waals surface area (Å²) in [6, 6.07) is 7.37. The molecule has 2 aromatic rings. The van der Waals surface area contributed by atoms with E-state index in [0.717, 1.165) is 16.8 Å². The van der Waals surface area contributed by atoms with Crippen molar-refractivity contribution in [2.24, 2.45) is 0 Å². The smallest absolute Gasteiger partial charge is 0.308 e. The minimum Gasteiger partial charge on any atom is -0.452 e. The maximum Gasteiger partial charge on any atom is 0.308 e. The Kier molecular flexibility index (Phi) is 8.08. The zero-order valence-corrected chi connectivity index (χ0v) is 16.7. The molecule has 0 saturated heterocycles. The van der Waals surface area contributed by atoms with Gasteiger partial charge in [0.2, 0.25) is 11.9 Å². The molecule has 1 atom stereocenters. The van der Waals surface area contributed by atoms with Crippen LogP contribution in [0.4, 0.5) is 11.6 Å². The first kappa shape index (κ1) is 21.8. The number of nitrogens with zero attached hydrogens (tertiary/aromatic N) is 2. The maximum absolute atomic E-state index is 12.1. The number of carbonyl (C=O) groups is 3. The highest BCUT2D eigenvalue weighted by Gasteiger charge is 2.18. The summed E-state index contributed by atoms with van der Waals surface area (Å²) >= 11 is 0. The zero-order chi connectivity index (χ0) is 21.2. The van der Waals surface area contributed by atoms with Crippen LogP contribution in [0, 0.1) is 13.8 Å². The lowest BCUT2D eigenvalue weighted by Gasteiger charge is -2.15. The monoisotopic (exact) mass is 399 g/mol.